The predicted octanol–water partition coefficient (Wildman–Crippen LogP) is -0.602. The number of piperidine rings is 1. The van der Waals surface area contributed by atoms with E-state index in [1.165, 1.54) is 0 Å². The Labute approximate surface area is 71.1 Å². The van der Waals surface area contributed by atoms with Crippen LogP contribution in [0.15, 0.2) is 0 Å². The van der Waals surface area contributed by atoms with Gasteiger partial charge in [-0.25, -0.2) is 0 Å². The Morgan fingerprint density at radius 3 is 2.92 bits per heavy atom. The molecule has 1 saturated carbocycles. The lowest BCUT2D eigenvalue weighted by Crippen LogP contribution is -2.53. The zero-order valence-electron chi connectivity index (χ0n) is 6.92. The molecule has 4 N–H and O–H groups in total. The van der Waals surface area contributed by atoms with E-state index in [9.17, 15) is 4.79 Å². The second-order valence-corrected chi connectivity index (χ2v) is 4.01. The summed E-state index contributed by atoms with van der Waals surface area (Å²) in [5, 5.41) is 12.2. The van der Waals surface area contributed by atoms with Crippen molar-refractivity contribution in [1.29, 1.82) is 0 Å². The van der Waals surface area contributed by atoms with Crippen LogP contribution in [0.25, 0.3) is 0 Å². The van der Waals surface area contributed by atoms with Gasteiger partial charge in [-0.15, -0.1) is 0 Å². The van der Waals surface area contributed by atoms with Gasteiger partial charge in [-0.05, 0) is 25.3 Å². The minimum Gasteiger partial charge on any atom is -0.480 e. The lowest BCUT2D eigenvalue weighted by Gasteiger charge is -2.26. The third-order valence-corrected chi connectivity index (χ3v) is 3.19. The predicted molar refractivity (Wildman–Crippen MR) is 43.6 cm³/mol. The number of fused-ring (bicyclic) bond motifs is 2. The summed E-state index contributed by atoms with van der Waals surface area (Å²) < 4.78 is 0. The van der Waals surface area contributed by atoms with Crippen molar-refractivity contribution in [2.75, 3.05) is 13.1 Å². The van der Waals surface area contributed by atoms with E-state index in [1.54, 1.807) is 0 Å². The molecule has 1 aliphatic heterocycles. The van der Waals surface area contributed by atoms with Crippen molar-refractivity contribution in [2.45, 2.75) is 18.4 Å². The summed E-state index contributed by atoms with van der Waals surface area (Å²) in [6.45, 7) is 1.70. The third kappa shape index (κ3) is 0.949. The smallest absolute Gasteiger partial charge is 0.324 e. The SMILES string of the molecule is N[C@@]1(C(=O)O)C[C@@H]2CNC[C@H]1C2. The van der Waals surface area contributed by atoms with Gasteiger partial charge in [-0.3, -0.25) is 4.79 Å². The maximum atomic E-state index is 10.9. The van der Waals surface area contributed by atoms with Gasteiger partial charge in [0, 0.05) is 12.5 Å². The monoisotopic (exact) mass is 170 g/mol. The van der Waals surface area contributed by atoms with Gasteiger partial charge in [0.15, 0.2) is 0 Å². The zero-order valence-corrected chi connectivity index (χ0v) is 6.92. The van der Waals surface area contributed by atoms with Crippen molar-refractivity contribution in [3.05, 3.63) is 0 Å². The van der Waals surface area contributed by atoms with Crippen LogP contribution >= 0.6 is 0 Å². The molecular formula is C8H14N2O2. The highest BCUT2D eigenvalue weighted by Crippen LogP contribution is 2.39. The van der Waals surface area contributed by atoms with Gasteiger partial charge in [0.25, 0.3) is 0 Å². The van der Waals surface area contributed by atoms with Gasteiger partial charge >= 0.3 is 5.97 Å². The Morgan fingerprint density at radius 2 is 2.33 bits per heavy atom. The summed E-state index contributed by atoms with van der Waals surface area (Å²) in [4.78, 5) is 10.9. The standard InChI is InChI=1S/C8H14N2O2/c9-8(7(11)12)2-5-1-6(8)4-10-3-5/h5-6,10H,1-4,9H2,(H,11,12)/t5-,6-,8+/m1/s1. The van der Waals surface area contributed by atoms with Crippen molar-refractivity contribution < 1.29 is 9.90 Å². The van der Waals surface area contributed by atoms with Crippen LogP contribution in [0.4, 0.5) is 0 Å². The maximum absolute atomic E-state index is 10.9. The van der Waals surface area contributed by atoms with Gasteiger partial charge in [0.05, 0.1) is 0 Å². The summed E-state index contributed by atoms with van der Waals surface area (Å²) in [7, 11) is 0. The number of nitrogens with two attached hydrogens (primary N) is 1. The molecule has 12 heavy (non-hydrogen) atoms. The largest absolute Gasteiger partial charge is 0.480 e. The molecule has 1 saturated heterocycles. The Morgan fingerprint density at radius 1 is 1.58 bits per heavy atom. The van der Waals surface area contributed by atoms with E-state index in [0.717, 1.165) is 19.5 Å². The van der Waals surface area contributed by atoms with Gasteiger partial charge in [-0.1, -0.05) is 0 Å². The molecule has 2 aliphatic rings. The molecule has 0 radical (unpaired) electrons. The molecule has 0 amide bonds. The number of hydrogen-bond donors (Lipinski definition) is 3. The van der Waals surface area contributed by atoms with Gasteiger partial charge in [0.2, 0.25) is 0 Å². The number of rotatable bonds is 1. The summed E-state index contributed by atoms with van der Waals surface area (Å²) >= 11 is 0. The minimum atomic E-state index is -0.950. The molecule has 1 heterocycles. The highest BCUT2D eigenvalue weighted by Gasteiger charge is 2.51. The molecule has 68 valence electrons. The first kappa shape index (κ1) is 8.01. The average molecular weight is 170 g/mol. The van der Waals surface area contributed by atoms with Crippen LogP contribution in [0, 0.1) is 11.8 Å². The highest BCUT2D eigenvalue weighted by atomic mass is 16.4. The van der Waals surface area contributed by atoms with E-state index in [2.05, 4.69) is 5.32 Å². The molecular weight excluding hydrogens is 156 g/mol. The van der Waals surface area contributed by atoms with E-state index in [0.29, 0.717) is 12.3 Å². The fraction of sp³-hybridized carbons (Fsp3) is 0.875. The van der Waals surface area contributed by atoms with Crippen molar-refractivity contribution in [3.63, 3.8) is 0 Å². The molecule has 4 heteroatoms. The van der Waals surface area contributed by atoms with E-state index in [1.807, 2.05) is 0 Å². The zero-order chi connectivity index (χ0) is 8.77. The Bertz CT molecular complexity index is 219. The fourth-order valence-corrected chi connectivity index (χ4v) is 2.48. The van der Waals surface area contributed by atoms with E-state index in [-0.39, 0.29) is 5.92 Å². The van der Waals surface area contributed by atoms with Crippen molar-refractivity contribution >= 4 is 5.97 Å². The summed E-state index contributed by atoms with van der Waals surface area (Å²) in [5.74, 6) is -0.225. The minimum absolute atomic E-state index is 0.133. The molecule has 2 fully saturated rings. The number of nitrogens with one attached hydrogen (secondary N) is 1. The van der Waals surface area contributed by atoms with E-state index < -0.39 is 11.5 Å². The first-order chi connectivity index (χ1) is 5.63. The number of carboxylic acids is 1. The normalized spacial score (nSPS) is 46.1. The lowest BCUT2D eigenvalue weighted by atomic mass is 9.88. The molecule has 0 spiro atoms. The molecule has 4 nitrogen and oxygen atoms in total. The van der Waals surface area contributed by atoms with Gasteiger partial charge < -0.3 is 16.2 Å². The molecule has 1 aliphatic carbocycles. The number of aliphatic carboxylic acids is 1. The number of carboxylic acid groups (broad SMARTS) is 1. The topological polar surface area (TPSA) is 75.4 Å². The Balaban J connectivity index is 2.23. The molecule has 2 rings (SSSR count). The quantitative estimate of drug-likeness (QED) is 0.491. The summed E-state index contributed by atoms with van der Waals surface area (Å²) in [6.07, 6.45) is 1.62. The second-order valence-electron chi connectivity index (χ2n) is 4.01. The fourth-order valence-electron chi connectivity index (χ4n) is 2.48. The van der Waals surface area contributed by atoms with Crippen molar-refractivity contribution in [1.82, 2.24) is 5.32 Å². The van der Waals surface area contributed by atoms with Crippen LogP contribution in [0.3, 0.4) is 0 Å². The van der Waals surface area contributed by atoms with Crippen LogP contribution in [-0.2, 0) is 4.79 Å². The van der Waals surface area contributed by atoms with Crippen molar-refractivity contribution in [3.8, 4) is 0 Å². The molecule has 0 aromatic rings. The van der Waals surface area contributed by atoms with Crippen molar-refractivity contribution in [2.24, 2.45) is 17.6 Å². The number of carbonyl (C=O) groups is 1. The van der Waals surface area contributed by atoms with Crippen LogP contribution in [0.2, 0.25) is 0 Å². The molecule has 0 unspecified atom stereocenters. The van der Waals surface area contributed by atoms with Gasteiger partial charge in [0.1, 0.15) is 5.54 Å². The first-order valence-electron chi connectivity index (χ1n) is 4.36. The van der Waals surface area contributed by atoms with Crippen LogP contribution in [0.1, 0.15) is 12.8 Å². The first-order valence-corrected chi connectivity index (χ1v) is 4.36. The van der Waals surface area contributed by atoms with Crippen LogP contribution in [-0.4, -0.2) is 29.7 Å². The van der Waals surface area contributed by atoms with E-state index >= 15 is 0 Å². The molecule has 0 aromatic carbocycles. The highest BCUT2D eigenvalue weighted by molar-refractivity contribution is 5.79. The Kier molecular flexibility index (Phi) is 1.63. The Hall–Kier alpha value is -0.610. The third-order valence-electron chi connectivity index (χ3n) is 3.19. The molecule has 3 atom stereocenters. The second kappa shape index (κ2) is 2.44. The van der Waals surface area contributed by atoms with E-state index in [4.69, 9.17) is 10.8 Å². The lowest BCUT2D eigenvalue weighted by molar-refractivity contribution is -0.144. The summed E-state index contributed by atoms with van der Waals surface area (Å²) in [5.41, 5.74) is 4.90. The van der Waals surface area contributed by atoms with Crippen LogP contribution < -0.4 is 11.1 Å². The summed E-state index contributed by atoms with van der Waals surface area (Å²) in [6, 6.07) is 0. The number of hydrogen-bond acceptors (Lipinski definition) is 3. The van der Waals surface area contributed by atoms with Gasteiger partial charge in [-0.2, -0.15) is 0 Å². The maximum Gasteiger partial charge on any atom is 0.324 e. The average Bonchev–Trinajstić information content (AvgIpc) is 2.25. The molecule has 2 bridgehead atoms. The molecule has 0 aromatic heterocycles. The van der Waals surface area contributed by atoms with Crippen LogP contribution in [0.5, 0.6) is 0 Å².